The monoisotopic (exact) mass is 250 g/mol. The van der Waals surface area contributed by atoms with Gasteiger partial charge in [-0.3, -0.25) is 4.79 Å². The summed E-state index contributed by atoms with van der Waals surface area (Å²) in [4.78, 5) is 11.9. The molecule has 0 saturated carbocycles. The maximum atomic E-state index is 11.9. The van der Waals surface area contributed by atoms with Crippen LogP contribution >= 0.6 is 0 Å². The molecule has 0 atom stereocenters. The number of ether oxygens (including phenoxy) is 1. The first-order valence-electron chi connectivity index (χ1n) is 5.46. The van der Waals surface area contributed by atoms with Gasteiger partial charge in [-0.2, -0.15) is 0 Å². The predicted octanol–water partition coefficient (Wildman–Crippen LogP) is 3.21. The minimum Gasteiger partial charge on any atom is -0.520 e. The quantitative estimate of drug-likeness (QED) is 0.348. The van der Waals surface area contributed by atoms with Crippen LogP contribution in [0.1, 0.15) is 10.4 Å². The summed E-state index contributed by atoms with van der Waals surface area (Å²) >= 11 is 0. The summed E-state index contributed by atoms with van der Waals surface area (Å²) in [5.41, 5.74) is 0.626. The van der Waals surface area contributed by atoms with Crippen molar-refractivity contribution in [3.05, 3.63) is 47.9 Å². The van der Waals surface area contributed by atoms with Crippen molar-refractivity contribution in [3.63, 3.8) is 0 Å². The highest BCUT2D eigenvalue weighted by molar-refractivity contribution is 6.70. The summed E-state index contributed by atoms with van der Waals surface area (Å²) in [6, 6.07) is 9.05. The van der Waals surface area contributed by atoms with E-state index in [0.717, 1.165) is 0 Å². The third kappa shape index (κ3) is 4.87. The number of allylic oxidation sites excluding steroid dienone is 1. The van der Waals surface area contributed by atoms with Crippen molar-refractivity contribution in [1.82, 2.24) is 0 Å². The molecule has 0 aliphatic carbocycles. The van der Waals surface area contributed by atoms with E-state index in [4.69, 9.17) is 9.16 Å². The number of rotatable bonds is 5. The Kier molecular flexibility index (Phi) is 4.51. The molecule has 0 N–H and O–H groups in total. The third-order valence-corrected chi connectivity index (χ3v) is 2.73. The van der Waals surface area contributed by atoms with Crippen LogP contribution in [0.3, 0.4) is 0 Å². The SMILES string of the molecule is COC(=CC(=O)c1ccccc1)O[Si](C)(C)C. The zero-order valence-electron chi connectivity index (χ0n) is 10.7. The number of carbonyl (C=O) groups is 1. The normalized spacial score (nSPS) is 12.1. The molecule has 1 rings (SSSR count). The lowest BCUT2D eigenvalue weighted by Gasteiger charge is -2.20. The van der Waals surface area contributed by atoms with Crippen LogP contribution in [0, 0.1) is 0 Å². The first-order valence-corrected chi connectivity index (χ1v) is 8.87. The van der Waals surface area contributed by atoms with Gasteiger partial charge in [0.2, 0.25) is 8.32 Å². The molecule has 0 amide bonds. The summed E-state index contributed by atoms with van der Waals surface area (Å²) in [5.74, 6) is 0.179. The molecule has 0 aliphatic heterocycles. The molecule has 4 heteroatoms. The van der Waals surface area contributed by atoms with E-state index in [0.29, 0.717) is 5.56 Å². The number of benzene rings is 1. The molecule has 0 unspecified atom stereocenters. The minimum atomic E-state index is -1.75. The van der Waals surface area contributed by atoms with Crippen LogP contribution in [-0.4, -0.2) is 21.2 Å². The highest BCUT2D eigenvalue weighted by Crippen LogP contribution is 2.12. The Balaban J connectivity index is 2.82. The lowest BCUT2D eigenvalue weighted by molar-refractivity contribution is 0.101. The highest BCUT2D eigenvalue weighted by atomic mass is 28.4. The number of carbonyl (C=O) groups excluding carboxylic acids is 1. The Hall–Kier alpha value is -1.55. The predicted molar refractivity (Wildman–Crippen MR) is 70.3 cm³/mol. The second-order valence-corrected chi connectivity index (χ2v) is 9.04. The van der Waals surface area contributed by atoms with Crippen molar-refractivity contribution < 1.29 is 14.0 Å². The summed E-state index contributed by atoms with van der Waals surface area (Å²) < 4.78 is 10.7. The molecule has 0 aliphatic rings. The minimum absolute atomic E-state index is 0.110. The van der Waals surface area contributed by atoms with E-state index < -0.39 is 8.32 Å². The van der Waals surface area contributed by atoms with E-state index in [9.17, 15) is 4.79 Å². The maximum Gasteiger partial charge on any atom is 0.268 e. The van der Waals surface area contributed by atoms with E-state index >= 15 is 0 Å². The molecular weight excluding hydrogens is 232 g/mol. The number of ketones is 1. The Morgan fingerprint density at radius 3 is 2.24 bits per heavy atom. The second-order valence-electron chi connectivity index (χ2n) is 4.61. The van der Waals surface area contributed by atoms with Crippen molar-refractivity contribution in [2.24, 2.45) is 0 Å². The first-order chi connectivity index (χ1) is 7.92. The van der Waals surface area contributed by atoms with Crippen LogP contribution in [0.4, 0.5) is 0 Å². The van der Waals surface area contributed by atoms with E-state index in [1.807, 2.05) is 37.8 Å². The van der Waals surface area contributed by atoms with Gasteiger partial charge in [-0.05, 0) is 19.6 Å². The zero-order chi connectivity index (χ0) is 12.9. The fourth-order valence-electron chi connectivity index (χ4n) is 1.22. The van der Waals surface area contributed by atoms with Gasteiger partial charge in [0.1, 0.15) is 0 Å². The molecule has 17 heavy (non-hydrogen) atoms. The molecule has 0 spiro atoms. The number of hydrogen-bond donors (Lipinski definition) is 0. The van der Waals surface area contributed by atoms with Crippen molar-refractivity contribution in [2.75, 3.05) is 7.11 Å². The molecule has 3 nitrogen and oxygen atoms in total. The summed E-state index contributed by atoms with van der Waals surface area (Å²) in [6.45, 7) is 6.10. The Labute approximate surface area is 103 Å². The lowest BCUT2D eigenvalue weighted by atomic mass is 10.1. The average molecular weight is 250 g/mol. The van der Waals surface area contributed by atoms with Crippen LogP contribution in [-0.2, 0) is 9.16 Å². The van der Waals surface area contributed by atoms with Crippen molar-refractivity contribution >= 4 is 14.1 Å². The molecule has 0 bridgehead atoms. The first kappa shape index (κ1) is 13.5. The fraction of sp³-hybridized carbons (Fsp3) is 0.308. The van der Waals surface area contributed by atoms with Crippen molar-refractivity contribution in [2.45, 2.75) is 19.6 Å². The van der Waals surface area contributed by atoms with Crippen LogP contribution in [0.15, 0.2) is 42.4 Å². The molecule has 1 aromatic carbocycles. The average Bonchev–Trinajstić information content (AvgIpc) is 2.27. The van der Waals surface area contributed by atoms with E-state index in [1.165, 1.54) is 13.2 Å². The van der Waals surface area contributed by atoms with Crippen molar-refractivity contribution in [3.8, 4) is 0 Å². The molecule has 0 fully saturated rings. The second kappa shape index (κ2) is 5.68. The van der Waals surface area contributed by atoms with Gasteiger partial charge < -0.3 is 9.16 Å². The lowest BCUT2D eigenvalue weighted by Crippen LogP contribution is -2.25. The molecule has 0 saturated heterocycles. The van der Waals surface area contributed by atoms with Gasteiger partial charge >= 0.3 is 0 Å². The Morgan fingerprint density at radius 2 is 1.76 bits per heavy atom. The van der Waals surface area contributed by atoms with Gasteiger partial charge in [0.05, 0.1) is 13.2 Å². The van der Waals surface area contributed by atoms with Gasteiger partial charge in [-0.15, -0.1) is 0 Å². The van der Waals surface area contributed by atoms with E-state index in [1.54, 1.807) is 12.1 Å². The summed E-state index contributed by atoms with van der Waals surface area (Å²) in [7, 11) is -0.250. The standard InChI is InChI=1S/C13H18O3Si/c1-15-13(16-17(2,3)4)10-12(14)11-8-6-5-7-9-11/h5-10H,1-4H3. The Bertz CT molecular complexity index is 404. The molecule has 92 valence electrons. The van der Waals surface area contributed by atoms with Gasteiger partial charge in [-0.25, -0.2) is 0 Å². The van der Waals surface area contributed by atoms with Crippen LogP contribution in [0.25, 0.3) is 0 Å². The molecule has 0 aromatic heterocycles. The molecule has 0 radical (unpaired) electrons. The smallest absolute Gasteiger partial charge is 0.268 e. The molecule has 0 heterocycles. The van der Waals surface area contributed by atoms with E-state index in [2.05, 4.69) is 0 Å². The third-order valence-electron chi connectivity index (χ3n) is 1.92. The summed E-state index contributed by atoms with van der Waals surface area (Å²) in [6.07, 6.45) is 1.40. The van der Waals surface area contributed by atoms with Crippen LogP contribution in [0.2, 0.25) is 19.6 Å². The van der Waals surface area contributed by atoms with Crippen molar-refractivity contribution in [1.29, 1.82) is 0 Å². The number of methoxy groups -OCH3 is 1. The van der Waals surface area contributed by atoms with Gasteiger partial charge in [-0.1, -0.05) is 30.3 Å². The largest absolute Gasteiger partial charge is 0.520 e. The highest BCUT2D eigenvalue weighted by Gasteiger charge is 2.19. The van der Waals surface area contributed by atoms with Gasteiger partial charge in [0, 0.05) is 5.56 Å². The van der Waals surface area contributed by atoms with Crippen LogP contribution in [0.5, 0.6) is 0 Å². The maximum absolute atomic E-state index is 11.9. The molecular formula is C13H18O3Si. The van der Waals surface area contributed by atoms with Gasteiger partial charge in [0.25, 0.3) is 5.95 Å². The van der Waals surface area contributed by atoms with Crippen LogP contribution < -0.4 is 0 Å². The molecule has 1 aromatic rings. The topological polar surface area (TPSA) is 35.5 Å². The van der Waals surface area contributed by atoms with E-state index in [-0.39, 0.29) is 11.7 Å². The van der Waals surface area contributed by atoms with Gasteiger partial charge in [0.15, 0.2) is 5.78 Å². The summed E-state index contributed by atoms with van der Waals surface area (Å²) in [5, 5.41) is 0. The number of hydrogen-bond acceptors (Lipinski definition) is 3. The zero-order valence-corrected chi connectivity index (χ0v) is 11.7. The fourth-order valence-corrected chi connectivity index (χ4v) is 1.97. The Morgan fingerprint density at radius 1 is 1.18 bits per heavy atom.